The third-order valence-corrected chi connectivity index (χ3v) is 1.27. The van der Waals surface area contributed by atoms with Crippen LogP contribution in [0.4, 0.5) is 0 Å². The predicted molar refractivity (Wildman–Crippen MR) is 44.7 cm³/mol. The Hall–Kier alpha value is -0.770. The normalized spacial score (nSPS) is 11.9. The molecular formula is C7H12ClNO3. The van der Waals surface area contributed by atoms with E-state index in [9.17, 15) is 9.59 Å². The molecule has 4 nitrogen and oxygen atoms in total. The quantitative estimate of drug-likeness (QED) is 0.405. The van der Waals surface area contributed by atoms with Gasteiger partial charge in [-0.2, -0.15) is 0 Å². The van der Waals surface area contributed by atoms with E-state index in [0.717, 1.165) is 6.42 Å². The monoisotopic (exact) mass is 193 g/mol. The van der Waals surface area contributed by atoms with E-state index in [1.54, 1.807) is 0 Å². The van der Waals surface area contributed by atoms with E-state index in [1.165, 1.54) is 6.92 Å². The third-order valence-electron chi connectivity index (χ3n) is 0.985. The number of rotatable bonds is 4. The molecule has 1 N–H and O–H groups in total. The number of hydrogen-bond donors (Lipinski definition) is 1. The number of alkyl halides is 1. The number of carbonyl (C=O) groups is 2. The van der Waals surface area contributed by atoms with Crippen LogP contribution in [0.5, 0.6) is 0 Å². The van der Waals surface area contributed by atoms with Crippen LogP contribution in [0.15, 0.2) is 0 Å². The molecule has 0 aliphatic carbocycles. The minimum atomic E-state index is -1.07. The second-order valence-electron chi connectivity index (χ2n) is 2.23. The van der Waals surface area contributed by atoms with Crippen LogP contribution < -0.4 is 5.32 Å². The van der Waals surface area contributed by atoms with Gasteiger partial charge in [-0.3, -0.25) is 4.79 Å². The average molecular weight is 194 g/mol. The number of carbonyl (C=O) groups excluding carboxylic acids is 2. The van der Waals surface area contributed by atoms with Crippen LogP contribution in [0.3, 0.4) is 0 Å². The summed E-state index contributed by atoms with van der Waals surface area (Å²) in [5.74, 6) is -0.975. The molecule has 70 valence electrons. The Morgan fingerprint density at radius 3 is 2.58 bits per heavy atom. The predicted octanol–water partition coefficient (Wildman–Crippen LogP) is 0.641. The summed E-state index contributed by atoms with van der Waals surface area (Å²) in [6.45, 7) is 3.47. The van der Waals surface area contributed by atoms with Crippen LogP contribution >= 0.6 is 11.6 Å². The van der Waals surface area contributed by atoms with E-state index < -0.39 is 11.5 Å². The van der Waals surface area contributed by atoms with Gasteiger partial charge in [-0.15, -0.1) is 0 Å². The molecule has 5 heteroatoms. The van der Waals surface area contributed by atoms with Crippen molar-refractivity contribution in [2.45, 2.75) is 25.8 Å². The number of esters is 1. The molecule has 0 unspecified atom stereocenters. The minimum absolute atomic E-state index is 0.321. The zero-order valence-electron chi connectivity index (χ0n) is 7.09. The smallest absolute Gasteiger partial charge is 0.344 e. The van der Waals surface area contributed by atoms with Crippen molar-refractivity contribution in [1.29, 1.82) is 0 Å². The molecule has 1 amide bonds. The first kappa shape index (κ1) is 11.2. The Morgan fingerprint density at radius 1 is 1.58 bits per heavy atom. The van der Waals surface area contributed by atoms with Gasteiger partial charge >= 0.3 is 5.97 Å². The molecule has 0 radical (unpaired) electrons. The van der Waals surface area contributed by atoms with Crippen molar-refractivity contribution < 1.29 is 14.3 Å². The third kappa shape index (κ3) is 4.96. The van der Waals surface area contributed by atoms with Crippen LogP contribution in [-0.4, -0.2) is 24.0 Å². The average Bonchev–Trinajstić information content (AvgIpc) is 1.98. The maximum atomic E-state index is 10.9. The van der Waals surface area contributed by atoms with Crippen molar-refractivity contribution in [3.8, 4) is 0 Å². The highest BCUT2D eigenvalue weighted by molar-refractivity contribution is 6.30. The molecule has 0 aromatic rings. The second-order valence-corrected chi connectivity index (χ2v) is 2.67. The molecule has 0 saturated heterocycles. The SMILES string of the molecule is CCCOC(=O)[C@H](Cl)NC(C)=O. The van der Waals surface area contributed by atoms with Gasteiger partial charge in [-0.1, -0.05) is 18.5 Å². The van der Waals surface area contributed by atoms with Gasteiger partial charge < -0.3 is 10.1 Å². The van der Waals surface area contributed by atoms with Crippen molar-refractivity contribution in [2.24, 2.45) is 0 Å². The standard InChI is InChI=1S/C7H12ClNO3/c1-3-4-12-7(11)6(8)9-5(2)10/h6H,3-4H2,1-2H3,(H,9,10)/t6-/m1/s1. The van der Waals surface area contributed by atoms with Gasteiger partial charge in [0.15, 0.2) is 0 Å². The molecule has 0 rings (SSSR count). The molecule has 0 bridgehead atoms. The highest BCUT2D eigenvalue weighted by atomic mass is 35.5. The molecule has 1 atom stereocenters. The van der Waals surface area contributed by atoms with Gasteiger partial charge in [0.05, 0.1) is 6.61 Å². The lowest BCUT2D eigenvalue weighted by Gasteiger charge is -2.08. The first-order valence-corrected chi connectivity index (χ1v) is 4.09. The van der Waals surface area contributed by atoms with E-state index in [1.807, 2.05) is 6.92 Å². The lowest BCUT2D eigenvalue weighted by molar-refractivity contribution is -0.145. The molecule has 0 fully saturated rings. The van der Waals surface area contributed by atoms with E-state index >= 15 is 0 Å². The number of amides is 1. The van der Waals surface area contributed by atoms with Crippen LogP contribution in [-0.2, 0) is 14.3 Å². The Morgan fingerprint density at radius 2 is 2.17 bits per heavy atom. The summed E-state index contributed by atoms with van der Waals surface area (Å²) in [5, 5.41) is 2.20. The van der Waals surface area contributed by atoms with Crippen molar-refractivity contribution >= 4 is 23.5 Å². The van der Waals surface area contributed by atoms with Crippen LogP contribution in [0.1, 0.15) is 20.3 Å². The van der Waals surface area contributed by atoms with Crippen molar-refractivity contribution in [3.63, 3.8) is 0 Å². The summed E-state index contributed by atoms with van der Waals surface area (Å²) < 4.78 is 4.67. The van der Waals surface area contributed by atoms with Crippen LogP contribution in [0.25, 0.3) is 0 Å². The Labute approximate surface area is 76.2 Å². The maximum Gasteiger partial charge on any atom is 0.344 e. The van der Waals surface area contributed by atoms with Gasteiger partial charge in [0, 0.05) is 6.92 Å². The molecular weight excluding hydrogens is 182 g/mol. The summed E-state index contributed by atoms with van der Waals surface area (Å²) >= 11 is 5.46. The van der Waals surface area contributed by atoms with Crippen molar-refractivity contribution in [1.82, 2.24) is 5.32 Å². The number of nitrogens with one attached hydrogen (secondary N) is 1. The molecule has 12 heavy (non-hydrogen) atoms. The molecule has 0 aliphatic heterocycles. The topological polar surface area (TPSA) is 55.4 Å². The number of ether oxygens (including phenoxy) is 1. The highest BCUT2D eigenvalue weighted by Crippen LogP contribution is 1.95. The van der Waals surface area contributed by atoms with Gasteiger partial charge in [-0.05, 0) is 6.42 Å². The molecule has 0 saturated carbocycles. The molecule has 0 aliphatic rings. The van der Waals surface area contributed by atoms with E-state index in [-0.39, 0.29) is 5.91 Å². The zero-order chi connectivity index (χ0) is 9.56. The second kappa shape index (κ2) is 5.83. The summed E-state index contributed by atoms with van der Waals surface area (Å²) in [6, 6.07) is 0. The van der Waals surface area contributed by atoms with Crippen LogP contribution in [0.2, 0.25) is 0 Å². The van der Waals surface area contributed by atoms with Gasteiger partial charge in [0.2, 0.25) is 11.4 Å². The summed E-state index contributed by atoms with van der Waals surface area (Å²) in [7, 11) is 0. The zero-order valence-corrected chi connectivity index (χ0v) is 7.85. The fourth-order valence-electron chi connectivity index (χ4n) is 0.513. The summed E-state index contributed by atoms with van der Waals surface area (Å²) in [4.78, 5) is 21.3. The van der Waals surface area contributed by atoms with Crippen molar-refractivity contribution in [2.75, 3.05) is 6.61 Å². The lowest BCUT2D eigenvalue weighted by Crippen LogP contribution is -2.36. The van der Waals surface area contributed by atoms with E-state index in [4.69, 9.17) is 11.6 Å². The highest BCUT2D eigenvalue weighted by Gasteiger charge is 2.16. The Kier molecular flexibility index (Phi) is 5.45. The Bertz CT molecular complexity index is 172. The van der Waals surface area contributed by atoms with E-state index in [0.29, 0.717) is 6.61 Å². The minimum Gasteiger partial charge on any atom is -0.463 e. The number of hydrogen-bond acceptors (Lipinski definition) is 3. The molecule has 0 aromatic carbocycles. The maximum absolute atomic E-state index is 10.9. The number of halogens is 1. The summed E-state index contributed by atoms with van der Waals surface area (Å²) in [6.07, 6.45) is 0.732. The van der Waals surface area contributed by atoms with Crippen LogP contribution in [0, 0.1) is 0 Å². The van der Waals surface area contributed by atoms with Gasteiger partial charge in [-0.25, -0.2) is 4.79 Å². The largest absolute Gasteiger partial charge is 0.463 e. The molecule has 0 spiro atoms. The first-order chi connectivity index (χ1) is 5.57. The van der Waals surface area contributed by atoms with Gasteiger partial charge in [0.1, 0.15) is 0 Å². The molecule has 0 heterocycles. The summed E-state index contributed by atoms with van der Waals surface area (Å²) in [5.41, 5.74) is -1.07. The van der Waals surface area contributed by atoms with Crippen molar-refractivity contribution in [3.05, 3.63) is 0 Å². The lowest BCUT2D eigenvalue weighted by atomic mass is 10.5. The van der Waals surface area contributed by atoms with Gasteiger partial charge in [0.25, 0.3) is 0 Å². The molecule has 0 aromatic heterocycles. The Balaban J connectivity index is 3.69. The first-order valence-electron chi connectivity index (χ1n) is 3.65. The fourth-order valence-corrected chi connectivity index (χ4v) is 0.730. The fraction of sp³-hybridized carbons (Fsp3) is 0.714. The van der Waals surface area contributed by atoms with E-state index in [2.05, 4.69) is 10.1 Å².